The minimum atomic E-state index is -0.929. The summed E-state index contributed by atoms with van der Waals surface area (Å²) >= 11 is 0. The minimum Gasteiger partial charge on any atom is -0.507 e. The van der Waals surface area contributed by atoms with Crippen molar-refractivity contribution in [3.8, 4) is 11.5 Å². The Bertz CT molecular complexity index is 686. The first-order valence-electron chi connectivity index (χ1n) is 6.63. The molecular formula is C16H16O4. The van der Waals surface area contributed by atoms with Gasteiger partial charge in [0.1, 0.15) is 11.5 Å². The van der Waals surface area contributed by atoms with Crippen LogP contribution in [0.2, 0.25) is 0 Å². The Morgan fingerprint density at radius 3 is 2.50 bits per heavy atom. The molecule has 104 valence electrons. The zero-order valence-corrected chi connectivity index (χ0v) is 11.2. The first kappa shape index (κ1) is 12.8. The normalized spacial score (nSPS) is 16.6. The average Bonchev–Trinajstić information content (AvgIpc) is 2.39. The zero-order chi connectivity index (χ0) is 14.3. The highest BCUT2D eigenvalue weighted by Gasteiger charge is 2.47. The van der Waals surface area contributed by atoms with E-state index in [0.29, 0.717) is 29.5 Å². The van der Waals surface area contributed by atoms with Crippen molar-refractivity contribution in [3.63, 3.8) is 0 Å². The fourth-order valence-electron chi connectivity index (χ4n) is 3.01. The molecule has 20 heavy (non-hydrogen) atoms. The third-order valence-corrected chi connectivity index (χ3v) is 4.35. The van der Waals surface area contributed by atoms with E-state index < -0.39 is 11.4 Å². The van der Waals surface area contributed by atoms with E-state index in [0.717, 1.165) is 11.8 Å². The van der Waals surface area contributed by atoms with Gasteiger partial charge in [0, 0.05) is 16.3 Å². The molecule has 0 aromatic heterocycles. The van der Waals surface area contributed by atoms with Gasteiger partial charge >= 0.3 is 5.97 Å². The van der Waals surface area contributed by atoms with Gasteiger partial charge in [0.2, 0.25) is 0 Å². The number of hydrogen-bond donors (Lipinski definition) is 2. The second kappa shape index (κ2) is 4.40. The third-order valence-electron chi connectivity index (χ3n) is 4.35. The second-order valence-electron chi connectivity index (χ2n) is 5.26. The van der Waals surface area contributed by atoms with E-state index in [1.807, 2.05) is 12.1 Å². The Labute approximate surface area is 116 Å². The van der Waals surface area contributed by atoms with Crippen LogP contribution in [0.5, 0.6) is 11.5 Å². The van der Waals surface area contributed by atoms with Gasteiger partial charge in [0.05, 0.1) is 12.5 Å². The van der Waals surface area contributed by atoms with Crippen LogP contribution in [0, 0.1) is 0 Å². The Hall–Kier alpha value is -2.23. The van der Waals surface area contributed by atoms with Gasteiger partial charge in [-0.1, -0.05) is 30.7 Å². The SMILES string of the molecule is COc1cccc2c(O)c(C3(C(=O)O)CCC3)ccc12. The Kier molecular flexibility index (Phi) is 2.82. The number of phenols is 1. The van der Waals surface area contributed by atoms with Crippen LogP contribution in [0.1, 0.15) is 24.8 Å². The number of carbonyl (C=O) groups is 1. The van der Waals surface area contributed by atoms with Crippen LogP contribution in [0.3, 0.4) is 0 Å². The largest absolute Gasteiger partial charge is 0.507 e. The lowest BCUT2D eigenvalue weighted by atomic mass is 9.64. The summed E-state index contributed by atoms with van der Waals surface area (Å²) in [6, 6.07) is 8.93. The number of aliphatic carboxylic acids is 1. The number of phenolic OH excluding ortho intramolecular Hbond substituents is 1. The van der Waals surface area contributed by atoms with Crippen LogP contribution >= 0.6 is 0 Å². The fraction of sp³-hybridized carbons (Fsp3) is 0.312. The van der Waals surface area contributed by atoms with E-state index in [1.165, 1.54) is 0 Å². The highest BCUT2D eigenvalue weighted by atomic mass is 16.5. The first-order chi connectivity index (χ1) is 9.60. The van der Waals surface area contributed by atoms with Gasteiger partial charge in [-0.05, 0) is 18.9 Å². The summed E-state index contributed by atoms with van der Waals surface area (Å²) in [5.74, 6) is -0.132. The van der Waals surface area contributed by atoms with E-state index in [2.05, 4.69) is 0 Å². The summed E-state index contributed by atoms with van der Waals surface area (Å²) in [7, 11) is 1.57. The molecule has 0 saturated heterocycles. The number of rotatable bonds is 3. The van der Waals surface area contributed by atoms with E-state index >= 15 is 0 Å². The molecule has 2 N–H and O–H groups in total. The van der Waals surface area contributed by atoms with Gasteiger partial charge in [0.25, 0.3) is 0 Å². The van der Waals surface area contributed by atoms with Crippen molar-refractivity contribution in [2.45, 2.75) is 24.7 Å². The molecule has 1 saturated carbocycles. The maximum absolute atomic E-state index is 11.6. The number of hydrogen-bond acceptors (Lipinski definition) is 3. The van der Waals surface area contributed by atoms with E-state index in [-0.39, 0.29) is 5.75 Å². The van der Waals surface area contributed by atoms with Crippen molar-refractivity contribution in [1.29, 1.82) is 0 Å². The minimum absolute atomic E-state index is 0.0588. The van der Waals surface area contributed by atoms with Crippen molar-refractivity contribution in [3.05, 3.63) is 35.9 Å². The second-order valence-corrected chi connectivity index (χ2v) is 5.26. The van der Waals surface area contributed by atoms with Crippen LogP contribution in [0.25, 0.3) is 10.8 Å². The van der Waals surface area contributed by atoms with Crippen LogP contribution in [-0.4, -0.2) is 23.3 Å². The number of fused-ring (bicyclic) bond motifs is 1. The molecule has 1 aliphatic carbocycles. The molecule has 0 unspecified atom stereocenters. The molecule has 2 aromatic carbocycles. The highest BCUT2D eigenvalue weighted by Crippen LogP contribution is 2.49. The van der Waals surface area contributed by atoms with Crippen LogP contribution in [0.15, 0.2) is 30.3 Å². The first-order valence-corrected chi connectivity index (χ1v) is 6.63. The lowest BCUT2D eigenvalue weighted by molar-refractivity contribution is -0.147. The summed E-state index contributed by atoms with van der Waals surface area (Å²) in [4.78, 5) is 11.6. The van der Waals surface area contributed by atoms with Gasteiger partial charge < -0.3 is 14.9 Å². The molecule has 0 radical (unpaired) electrons. The van der Waals surface area contributed by atoms with Crippen molar-refractivity contribution < 1.29 is 19.7 Å². The maximum atomic E-state index is 11.6. The molecule has 3 rings (SSSR count). The van der Waals surface area contributed by atoms with Gasteiger partial charge in [0.15, 0.2) is 0 Å². The zero-order valence-electron chi connectivity index (χ0n) is 11.2. The smallest absolute Gasteiger partial charge is 0.314 e. The Balaban J connectivity index is 2.24. The van der Waals surface area contributed by atoms with E-state index in [9.17, 15) is 15.0 Å². The topological polar surface area (TPSA) is 66.8 Å². The molecule has 0 aliphatic heterocycles. The molecule has 0 atom stereocenters. The molecule has 0 heterocycles. The summed E-state index contributed by atoms with van der Waals surface area (Å²) in [6.45, 7) is 0. The molecule has 1 fully saturated rings. The van der Waals surface area contributed by atoms with E-state index in [4.69, 9.17) is 4.74 Å². The predicted octanol–water partition coefficient (Wildman–Crippen LogP) is 3.06. The summed E-state index contributed by atoms with van der Waals surface area (Å²) in [5.41, 5.74) is -0.418. The quantitative estimate of drug-likeness (QED) is 0.901. The Morgan fingerprint density at radius 2 is 1.95 bits per heavy atom. The van der Waals surface area contributed by atoms with Crippen molar-refractivity contribution in [2.24, 2.45) is 0 Å². The molecule has 4 heteroatoms. The molecule has 0 amide bonds. The van der Waals surface area contributed by atoms with Gasteiger partial charge in [-0.25, -0.2) is 0 Å². The number of carboxylic acids is 1. The van der Waals surface area contributed by atoms with Crippen LogP contribution < -0.4 is 4.74 Å². The number of aromatic hydroxyl groups is 1. The average molecular weight is 272 g/mol. The fourth-order valence-corrected chi connectivity index (χ4v) is 3.01. The number of benzene rings is 2. The lowest BCUT2D eigenvalue weighted by Gasteiger charge is -2.38. The van der Waals surface area contributed by atoms with Crippen molar-refractivity contribution >= 4 is 16.7 Å². The molecule has 0 bridgehead atoms. The number of carboxylic acid groups (broad SMARTS) is 1. The van der Waals surface area contributed by atoms with Crippen LogP contribution in [0.4, 0.5) is 0 Å². The maximum Gasteiger partial charge on any atom is 0.314 e. The monoisotopic (exact) mass is 272 g/mol. The van der Waals surface area contributed by atoms with Crippen molar-refractivity contribution in [2.75, 3.05) is 7.11 Å². The highest BCUT2D eigenvalue weighted by molar-refractivity contribution is 5.96. The third kappa shape index (κ3) is 1.57. The van der Waals surface area contributed by atoms with Crippen molar-refractivity contribution in [1.82, 2.24) is 0 Å². The number of ether oxygens (including phenoxy) is 1. The molecule has 2 aromatic rings. The van der Waals surface area contributed by atoms with Gasteiger partial charge in [-0.2, -0.15) is 0 Å². The Morgan fingerprint density at radius 1 is 1.20 bits per heavy atom. The summed E-state index contributed by atoms with van der Waals surface area (Å²) < 4.78 is 5.27. The van der Waals surface area contributed by atoms with Crippen LogP contribution in [-0.2, 0) is 10.2 Å². The predicted molar refractivity (Wildman–Crippen MR) is 75.3 cm³/mol. The molecule has 4 nitrogen and oxygen atoms in total. The standard InChI is InChI=1S/C16H16O4/c1-20-13-5-2-4-11-10(13)6-7-12(14(11)17)16(15(18)19)8-3-9-16/h2,4-7,17H,3,8-9H2,1H3,(H,18,19). The summed E-state index contributed by atoms with van der Waals surface area (Å²) in [6.07, 6.45) is 2.03. The number of methoxy groups -OCH3 is 1. The van der Waals surface area contributed by atoms with Gasteiger partial charge in [-0.3, -0.25) is 4.79 Å². The van der Waals surface area contributed by atoms with Gasteiger partial charge in [-0.15, -0.1) is 0 Å². The van der Waals surface area contributed by atoms with E-state index in [1.54, 1.807) is 25.3 Å². The molecule has 0 spiro atoms. The molecular weight excluding hydrogens is 256 g/mol. The molecule has 1 aliphatic rings. The summed E-state index contributed by atoms with van der Waals surface area (Å²) in [5, 5.41) is 21.4. The lowest BCUT2D eigenvalue weighted by Crippen LogP contribution is -2.42.